The van der Waals surface area contributed by atoms with Crippen molar-refractivity contribution in [3.8, 4) is 0 Å². The molecule has 3 rings (SSSR count). The van der Waals surface area contributed by atoms with Gasteiger partial charge in [0.15, 0.2) is 0 Å². The second kappa shape index (κ2) is 5.51. The Bertz CT molecular complexity index is 612. The standard InChI is InChI=1S/C17H20F3NO2/c1-16(2)10-23-8-7-21(16)15(22)13-9-12(13)11-5-3-4-6-14(11)17(18,19)20/h3-6,12-13H,7-10H2,1-2H3/t12-,13+/m0/s1. The molecule has 0 unspecified atom stereocenters. The van der Waals surface area contributed by atoms with Gasteiger partial charge in [-0.05, 0) is 37.8 Å². The number of amides is 1. The van der Waals surface area contributed by atoms with Crippen molar-refractivity contribution in [2.24, 2.45) is 5.92 Å². The molecule has 1 aromatic rings. The summed E-state index contributed by atoms with van der Waals surface area (Å²) in [5.41, 5.74) is -0.794. The summed E-state index contributed by atoms with van der Waals surface area (Å²) in [4.78, 5) is 14.5. The van der Waals surface area contributed by atoms with E-state index >= 15 is 0 Å². The lowest BCUT2D eigenvalue weighted by molar-refractivity contribution is -0.148. The molecule has 0 bridgehead atoms. The second-order valence-corrected chi connectivity index (χ2v) is 6.89. The Morgan fingerprint density at radius 2 is 2.00 bits per heavy atom. The van der Waals surface area contributed by atoms with Gasteiger partial charge < -0.3 is 9.64 Å². The first kappa shape index (κ1) is 16.3. The smallest absolute Gasteiger partial charge is 0.377 e. The van der Waals surface area contributed by atoms with Gasteiger partial charge >= 0.3 is 6.18 Å². The quantitative estimate of drug-likeness (QED) is 0.833. The van der Waals surface area contributed by atoms with Crippen molar-refractivity contribution in [2.75, 3.05) is 19.8 Å². The number of carbonyl (C=O) groups excluding carboxylic acids is 1. The highest BCUT2D eigenvalue weighted by atomic mass is 19.4. The van der Waals surface area contributed by atoms with Gasteiger partial charge in [0.2, 0.25) is 5.91 Å². The van der Waals surface area contributed by atoms with E-state index in [1.165, 1.54) is 12.1 Å². The lowest BCUT2D eigenvalue weighted by Gasteiger charge is -2.42. The highest BCUT2D eigenvalue weighted by Crippen LogP contribution is 2.52. The summed E-state index contributed by atoms with van der Waals surface area (Å²) >= 11 is 0. The molecule has 6 heteroatoms. The predicted octanol–water partition coefficient (Wildman–Crippen LogP) is 3.45. The summed E-state index contributed by atoms with van der Waals surface area (Å²) in [5.74, 6) is -0.741. The maximum Gasteiger partial charge on any atom is 0.416 e. The summed E-state index contributed by atoms with van der Waals surface area (Å²) in [5, 5.41) is 0. The Labute approximate surface area is 133 Å². The molecular formula is C17H20F3NO2. The lowest BCUT2D eigenvalue weighted by Crippen LogP contribution is -2.56. The number of hydrogen-bond acceptors (Lipinski definition) is 2. The lowest BCUT2D eigenvalue weighted by atomic mass is 9.99. The number of rotatable bonds is 2. The molecule has 1 aliphatic carbocycles. The zero-order valence-corrected chi connectivity index (χ0v) is 13.2. The van der Waals surface area contributed by atoms with Gasteiger partial charge in [-0.1, -0.05) is 18.2 Å². The number of hydrogen-bond donors (Lipinski definition) is 0. The summed E-state index contributed by atoms with van der Waals surface area (Å²) in [6, 6.07) is 5.57. The third-order valence-corrected chi connectivity index (χ3v) is 4.68. The van der Waals surface area contributed by atoms with Crippen molar-refractivity contribution < 1.29 is 22.7 Å². The van der Waals surface area contributed by atoms with Gasteiger partial charge in [-0.2, -0.15) is 13.2 Å². The van der Waals surface area contributed by atoms with Gasteiger partial charge in [-0.15, -0.1) is 0 Å². The minimum atomic E-state index is -4.38. The third kappa shape index (κ3) is 3.09. The number of ether oxygens (including phenoxy) is 1. The first-order chi connectivity index (χ1) is 10.7. The van der Waals surface area contributed by atoms with Crippen LogP contribution in [0, 0.1) is 5.92 Å². The van der Waals surface area contributed by atoms with Crippen molar-refractivity contribution in [2.45, 2.75) is 37.9 Å². The van der Waals surface area contributed by atoms with Gasteiger partial charge in [0.05, 0.1) is 24.3 Å². The van der Waals surface area contributed by atoms with Crippen LogP contribution in [0.5, 0.6) is 0 Å². The molecule has 2 atom stereocenters. The third-order valence-electron chi connectivity index (χ3n) is 4.68. The minimum absolute atomic E-state index is 0.0553. The Balaban J connectivity index is 1.79. The van der Waals surface area contributed by atoms with Crippen molar-refractivity contribution in [1.29, 1.82) is 0 Å². The van der Waals surface area contributed by atoms with Crippen LogP contribution in [0.15, 0.2) is 24.3 Å². The molecule has 1 saturated carbocycles. The molecule has 1 saturated heterocycles. The fourth-order valence-electron chi connectivity index (χ4n) is 3.36. The van der Waals surface area contributed by atoms with Crippen LogP contribution in [0.25, 0.3) is 0 Å². The summed E-state index contributed by atoms with van der Waals surface area (Å²) in [6.45, 7) is 5.27. The molecule has 2 fully saturated rings. The minimum Gasteiger partial charge on any atom is -0.377 e. The molecule has 1 amide bonds. The average Bonchev–Trinajstić information content (AvgIpc) is 3.25. The summed E-state index contributed by atoms with van der Waals surface area (Å²) in [6.07, 6.45) is -3.90. The van der Waals surface area contributed by atoms with E-state index in [1.807, 2.05) is 13.8 Å². The molecule has 0 aromatic heterocycles. The highest BCUT2D eigenvalue weighted by molar-refractivity contribution is 5.84. The first-order valence-electron chi connectivity index (χ1n) is 7.77. The van der Waals surface area contributed by atoms with E-state index in [9.17, 15) is 18.0 Å². The molecule has 0 N–H and O–H groups in total. The van der Waals surface area contributed by atoms with Crippen LogP contribution in [0.3, 0.4) is 0 Å². The van der Waals surface area contributed by atoms with Crippen LogP contribution in [0.2, 0.25) is 0 Å². The normalized spacial score (nSPS) is 26.9. The van der Waals surface area contributed by atoms with Gasteiger partial charge in [0, 0.05) is 12.5 Å². The fourth-order valence-corrected chi connectivity index (χ4v) is 3.36. The van der Waals surface area contributed by atoms with E-state index in [2.05, 4.69) is 0 Å². The SMILES string of the molecule is CC1(C)COCCN1C(=O)[C@@H]1C[C@H]1c1ccccc1C(F)(F)F. The zero-order chi connectivity index (χ0) is 16.8. The Kier molecular flexibility index (Phi) is 3.91. The van der Waals surface area contributed by atoms with Crippen LogP contribution in [-0.4, -0.2) is 36.1 Å². The molecule has 1 heterocycles. The molecule has 2 aliphatic rings. The molecule has 3 nitrogen and oxygen atoms in total. The number of carbonyl (C=O) groups is 1. The summed E-state index contributed by atoms with van der Waals surface area (Å²) < 4.78 is 44.8. The Hall–Kier alpha value is -1.56. The van der Waals surface area contributed by atoms with Crippen LogP contribution < -0.4 is 0 Å². The van der Waals surface area contributed by atoms with E-state index < -0.39 is 17.3 Å². The van der Waals surface area contributed by atoms with Crippen LogP contribution in [0.1, 0.15) is 37.3 Å². The van der Waals surface area contributed by atoms with Crippen molar-refractivity contribution in [3.63, 3.8) is 0 Å². The van der Waals surface area contributed by atoms with E-state index in [0.29, 0.717) is 26.2 Å². The first-order valence-corrected chi connectivity index (χ1v) is 7.77. The maximum atomic E-state index is 13.1. The van der Waals surface area contributed by atoms with Crippen LogP contribution >= 0.6 is 0 Å². The molecule has 1 aromatic carbocycles. The molecule has 23 heavy (non-hydrogen) atoms. The fraction of sp³-hybridized carbons (Fsp3) is 0.588. The van der Waals surface area contributed by atoms with Crippen molar-refractivity contribution >= 4 is 5.91 Å². The van der Waals surface area contributed by atoms with E-state index in [1.54, 1.807) is 11.0 Å². The number of halogens is 3. The van der Waals surface area contributed by atoms with Crippen LogP contribution in [0.4, 0.5) is 13.2 Å². The second-order valence-electron chi connectivity index (χ2n) is 6.89. The Morgan fingerprint density at radius 3 is 2.65 bits per heavy atom. The van der Waals surface area contributed by atoms with E-state index in [-0.39, 0.29) is 23.3 Å². The molecule has 0 radical (unpaired) electrons. The van der Waals surface area contributed by atoms with E-state index in [4.69, 9.17) is 4.74 Å². The number of morpholine rings is 1. The highest BCUT2D eigenvalue weighted by Gasteiger charge is 2.51. The molecular weight excluding hydrogens is 307 g/mol. The molecule has 0 spiro atoms. The number of nitrogens with zero attached hydrogens (tertiary/aromatic N) is 1. The number of alkyl halides is 3. The number of benzene rings is 1. The molecule has 126 valence electrons. The van der Waals surface area contributed by atoms with Gasteiger partial charge in [0.25, 0.3) is 0 Å². The van der Waals surface area contributed by atoms with Gasteiger partial charge in [-0.25, -0.2) is 0 Å². The Morgan fingerprint density at radius 1 is 1.30 bits per heavy atom. The molecule has 1 aliphatic heterocycles. The monoisotopic (exact) mass is 327 g/mol. The topological polar surface area (TPSA) is 29.5 Å². The van der Waals surface area contributed by atoms with Crippen molar-refractivity contribution in [1.82, 2.24) is 4.90 Å². The average molecular weight is 327 g/mol. The van der Waals surface area contributed by atoms with E-state index in [0.717, 1.165) is 6.07 Å². The van der Waals surface area contributed by atoms with Crippen molar-refractivity contribution in [3.05, 3.63) is 35.4 Å². The predicted molar refractivity (Wildman–Crippen MR) is 78.9 cm³/mol. The van der Waals surface area contributed by atoms with Crippen LogP contribution in [-0.2, 0) is 15.7 Å². The van der Waals surface area contributed by atoms with Gasteiger partial charge in [0.1, 0.15) is 0 Å². The largest absolute Gasteiger partial charge is 0.416 e. The van der Waals surface area contributed by atoms with Gasteiger partial charge in [-0.3, -0.25) is 4.79 Å². The zero-order valence-electron chi connectivity index (χ0n) is 13.2. The summed E-state index contributed by atoms with van der Waals surface area (Å²) in [7, 11) is 0. The maximum absolute atomic E-state index is 13.1.